The van der Waals surface area contributed by atoms with Crippen LogP contribution in [-0.4, -0.2) is 10.8 Å². The molecule has 3 heteroatoms. The Morgan fingerprint density at radius 1 is 1.14 bits per heavy atom. The predicted octanol–water partition coefficient (Wildman–Crippen LogP) is 5.91. The van der Waals surface area contributed by atoms with Crippen LogP contribution in [0, 0.1) is 34.5 Å². The summed E-state index contributed by atoms with van der Waals surface area (Å²) >= 11 is 0. The second kappa shape index (κ2) is 5.98. The third-order valence-electron chi connectivity index (χ3n) is 8.36. The van der Waals surface area contributed by atoms with Crippen LogP contribution in [0.2, 0.25) is 0 Å². The fourth-order valence-electron chi connectivity index (χ4n) is 6.92. The number of nitrogens with zero attached hydrogens (tertiary/aromatic N) is 1. The van der Waals surface area contributed by atoms with Gasteiger partial charge in [-0.3, -0.25) is 4.79 Å². The molecule has 28 heavy (non-hydrogen) atoms. The number of halogens is 1. The molecule has 146 valence electrons. The maximum atomic E-state index is 13.3. The molecule has 0 radical (unpaired) electrons. The normalized spacial score (nSPS) is 39.4. The molecule has 0 aromatic carbocycles. The lowest BCUT2D eigenvalue weighted by Gasteiger charge is -2.57. The molecule has 0 N–H and O–H groups in total. The van der Waals surface area contributed by atoms with Crippen molar-refractivity contribution in [2.45, 2.75) is 52.9 Å². The Labute approximate surface area is 166 Å². The van der Waals surface area contributed by atoms with Crippen molar-refractivity contribution < 1.29 is 9.18 Å². The van der Waals surface area contributed by atoms with E-state index in [0.29, 0.717) is 30.0 Å². The topological polar surface area (TPSA) is 30.0 Å². The Kier molecular flexibility index (Phi) is 3.85. The van der Waals surface area contributed by atoms with Gasteiger partial charge in [0.25, 0.3) is 0 Å². The quantitative estimate of drug-likeness (QED) is 0.569. The lowest BCUT2D eigenvalue weighted by atomic mass is 9.46. The zero-order valence-electron chi connectivity index (χ0n) is 17.0. The monoisotopic (exact) mass is 377 g/mol. The summed E-state index contributed by atoms with van der Waals surface area (Å²) in [6.45, 7) is 7.08. The van der Waals surface area contributed by atoms with Crippen molar-refractivity contribution in [2.24, 2.45) is 28.6 Å². The molecule has 0 aliphatic heterocycles. The molecule has 1 aromatic heterocycles. The van der Waals surface area contributed by atoms with Crippen LogP contribution >= 0.6 is 0 Å². The van der Waals surface area contributed by atoms with Crippen LogP contribution in [0.5, 0.6) is 0 Å². The number of carbonyl (C=O) groups excluding carboxylic acids is 1. The number of rotatable bonds is 1. The van der Waals surface area contributed by atoms with E-state index in [4.69, 9.17) is 0 Å². The summed E-state index contributed by atoms with van der Waals surface area (Å²) in [5, 5.41) is 0. The van der Waals surface area contributed by atoms with Crippen molar-refractivity contribution in [2.75, 3.05) is 0 Å². The highest BCUT2D eigenvalue weighted by atomic mass is 19.1. The van der Waals surface area contributed by atoms with E-state index >= 15 is 0 Å². The average molecular weight is 378 g/mol. The minimum atomic E-state index is -0.426. The number of hydrogen-bond donors (Lipinski definition) is 0. The van der Waals surface area contributed by atoms with Crippen LogP contribution in [0.25, 0.3) is 5.57 Å². The SMILES string of the molecule is CC1CC2C3=CC=C(c4ccc(F)nc4)C3(C)CCC2C2(C)CCC(=O)C=C12. The van der Waals surface area contributed by atoms with E-state index < -0.39 is 5.95 Å². The Morgan fingerprint density at radius 2 is 1.96 bits per heavy atom. The molecule has 1 aromatic rings. The molecule has 0 bridgehead atoms. The number of pyridine rings is 1. The van der Waals surface area contributed by atoms with Gasteiger partial charge in [-0.05, 0) is 78.2 Å². The van der Waals surface area contributed by atoms with Gasteiger partial charge in [-0.15, -0.1) is 0 Å². The average Bonchev–Trinajstić information content (AvgIpc) is 3.01. The summed E-state index contributed by atoms with van der Waals surface area (Å²) < 4.78 is 13.3. The van der Waals surface area contributed by atoms with Gasteiger partial charge in [0.05, 0.1) is 0 Å². The largest absolute Gasteiger partial charge is 0.295 e. The maximum Gasteiger partial charge on any atom is 0.212 e. The zero-order chi connectivity index (χ0) is 19.7. The van der Waals surface area contributed by atoms with Gasteiger partial charge in [0, 0.05) is 18.0 Å². The highest BCUT2D eigenvalue weighted by molar-refractivity contribution is 5.91. The zero-order valence-corrected chi connectivity index (χ0v) is 17.0. The van der Waals surface area contributed by atoms with Crippen LogP contribution in [0.4, 0.5) is 4.39 Å². The van der Waals surface area contributed by atoms with E-state index in [-0.39, 0.29) is 10.8 Å². The fraction of sp³-hybridized carbons (Fsp3) is 0.520. The number of fused-ring (bicyclic) bond motifs is 5. The molecular weight excluding hydrogens is 349 g/mol. The molecule has 5 rings (SSSR count). The van der Waals surface area contributed by atoms with E-state index in [1.165, 1.54) is 23.6 Å². The molecule has 2 nitrogen and oxygen atoms in total. The number of ketones is 1. The second-order valence-electron chi connectivity index (χ2n) is 9.78. The molecule has 0 amide bonds. The lowest BCUT2D eigenvalue weighted by Crippen LogP contribution is -2.49. The smallest absolute Gasteiger partial charge is 0.212 e. The Morgan fingerprint density at radius 3 is 2.71 bits per heavy atom. The molecule has 4 aliphatic rings. The first-order chi connectivity index (χ1) is 13.3. The fourth-order valence-corrected chi connectivity index (χ4v) is 6.92. The first-order valence-corrected chi connectivity index (χ1v) is 10.6. The van der Waals surface area contributed by atoms with Crippen LogP contribution in [0.1, 0.15) is 58.4 Å². The second-order valence-corrected chi connectivity index (χ2v) is 9.78. The van der Waals surface area contributed by atoms with E-state index in [0.717, 1.165) is 24.8 Å². The number of carbonyl (C=O) groups is 1. The predicted molar refractivity (Wildman–Crippen MR) is 109 cm³/mol. The van der Waals surface area contributed by atoms with E-state index in [9.17, 15) is 9.18 Å². The Hall–Kier alpha value is -2.03. The molecule has 2 saturated carbocycles. The van der Waals surface area contributed by atoms with Crippen LogP contribution in [0.3, 0.4) is 0 Å². The summed E-state index contributed by atoms with van der Waals surface area (Å²) in [4.78, 5) is 16.0. The molecule has 5 unspecified atom stereocenters. The molecule has 0 saturated heterocycles. The molecular formula is C25H28FNO. The minimum Gasteiger partial charge on any atom is -0.295 e. The Bertz CT molecular complexity index is 940. The molecule has 0 spiro atoms. The number of hydrogen-bond acceptors (Lipinski definition) is 2. The third-order valence-corrected chi connectivity index (χ3v) is 8.36. The van der Waals surface area contributed by atoms with Crippen molar-refractivity contribution in [1.29, 1.82) is 0 Å². The molecule has 1 heterocycles. The Balaban J connectivity index is 1.51. The van der Waals surface area contributed by atoms with E-state index in [1.54, 1.807) is 11.8 Å². The number of aromatic nitrogens is 1. The molecule has 4 aliphatic carbocycles. The van der Waals surface area contributed by atoms with Gasteiger partial charge >= 0.3 is 0 Å². The summed E-state index contributed by atoms with van der Waals surface area (Å²) in [7, 11) is 0. The highest BCUT2D eigenvalue weighted by Crippen LogP contribution is 2.66. The standard InChI is InChI=1S/C25H28FNO/c1-15-12-18-20-6-5-19(16-4-7-23(26)27-14-16)24(20,2)11-9-21(18)25(3)10-8-17(28)13-22(15)25/h4-7,13-15,18,21H,8-12H2,1-3H3. The van der Waals surface area contributed by atoms with Crippen LogP contribution in [-0.2, 0) is 4.79 Å². The van der Waals surface area contributed by atoms with Gasteiger partial charge in [0.1, 0.15) is 0 Å². The van der Waals surface area contributed by atoms with Gasteiger partial charge < -0.3 is 0 Å². The van der Waals surface area contributed by atoms with E-state index in [1.807, 2.05) is 12.1 Å². The van der Waals surface area contributed by atoms with Crippen molar-refractivity contribution in [3.63, 3.8) is 0 Å². The third kappa shape index (κ3) is 2.38. The first-order valence-electron chi connectivity index (χ1n) is 10.6. The van der Waals surface area contributed by atoms with Crippen molar-refractivity contribution in [3.8, 4) is 0 Å². The van der Waals surface area contributed by atoms with Crippen molar-refractivity contribution in [1.82, 2.24) is 4.98 Å². The van der Waals surface area contributed by atoms with Gasteiger partial charge in [0.2, 0.25) is 5.95 Å². The van der Waals surface area contributed by atoms with Crippen molar-refractivity contribution >= 4 is 11.4 Å². The van der Waals surface area contributed by atoms with Gasteiger partial charge in [0.15, 0.2) is 5.78 Å². The van der Waals surface area contributed by atoms with Gasteiger partial charge in [-0.25, -0.2) is 4.98 Å². The maximum absolute atomic E-state index is 13.3. The van der Waals surface area contributed by atoms with Gasteiger partial charge in [-0.1, -0.05) is 44.1 Å². The van der Waals surface area contributed by atoms with Gasteiger partial charge in [-0.2, -0.15) is 4.39 Å². The van der Waals surface area contributed by atoms with Crippen LogP contribution < -0.4 is 0 Å². The van der Waals surface area contributed by atoms with Crippen molar-refractivity contribution in [3.05, 3.63) is 59.2 Å². The lowest BCUT2D eigenvalue weighted by molar-refractivity contribution is -0.116. The summed E-state index contributed by atoms with van der Waals surface area (Å²) in [5.41, 5.74) is 5.44. The minimum absolute atomic E-state index is 0.0163. The molecule has 5 atom stereocenters. The summed E-state index contributed by atoms with van der Waals surface area (Å²) in [5.74, 6) is 1.51. The number of allylic oxidation sites excluding steroid dienone is 6. The first kappa shape index (κ1) is 18.0. The molecule has 2 fully saturated rings. The van der Waals surface area contributed by atoms with Crippen LogP contribution in [0.15, 0.2) is 47.7 Å². The summed E-state index contributed by atoms with van der Waals surface area (Å²) in [6.07, 6.45) is 13.3. The highest BCUT2D eigenvalue weighted by Gasteiger charge is 2.56. The summed E-state index contributed by atoms with van der Waals surface area (Å²) in [6, 6.07) is 3.32. The van der Waals surface area contributed by atoms with E-state index in [2.05, 4.69) is 37.9 Å².